The highest BCUT2D eigenvalue weighted by Crippen LogP contribution is 2.28. The van der Waals surface area contributed by atoms with Gasteiger partial charge in [0, 0.05) is 0 Å². The summed E-state index contributed by atoms with van der Waals surface area (Å²) in [4.78, 5) is 10.4. The Morgan fingerprint density at radius 2 is 2.08 bits per heavy atom. The Labute approximate surface area is 80.1 Å². The van der Waals surface area contributed by atoms with E-state index in [1.54, 1.807) is 12.1 Å². The third-order valence-corrected chi connectivity index (χ3v) is 2.08. The van der Waals surface area contributed by atoms with Crippen LogP contribution in [0.2, 0.25) is 5.02 Å². The maximum atomic E-state index is 10.4. The molecule has 0 heterocycles. The van der Waals surface area contributed by atoms with Gasteiger partial charge in [-0.15, -0.1) is 0 Å². The van der Waals surface area contributed by atoms with E-state index in [0.717, 1.165) is 0 Å². The Bertz CT molecular complexity index is 352. The molecule has 13 heavy (non-hydrogen) atoms. The summed E-state index contributed by atoms with van der Waals surface area (Å²) in [6, 6.07) is 3.10. The van der Waals surface area contributed by atoms with Gasteiger partial charge >= 0.3 is 5.97 Å². The normalized spacial score (nSPS) is 9.92. The van der Waals surface area contributed by atoms with Gasteiger partial charge in [0.05, 0.1) is 22.8 Å². The summed E-state index contributed by atoms with van der Waals surface area (Å²) < 4.78 is 0. The molecule has 0 aromatic heterocycles. The van der Waals surface area contributed by atoms with Crippen molar-refractivity contribution in [1.29, 1.82) is 0 Å². The first-order valence-electron chi connectivity index (χ1n) is 3.56. The average molecular weight is 201 g/mol. The number of anilines is 2. The van der Waals surface area contributed by atoms with Gasteiger partial charge in [0.2, 0.25) is 0 Å². The number of rotatable bonds is 2. The highest BCUT2D eigenvalue weighted by molar-refractivity contribution is 6.34. The fourth-order valence-corrected chi connectivity index (χ4v) is 1.19. The van der Waals surface area contributed by atoms with Gasteiger partial charge in [-0.2, -0.15) is 0 Å². The number of halogens is 1. The van der Waals surface area contributed by atoms with Gasteiger partial charge in [-0.05, 0) is 11.6 Å². The summed E-state index contributed by atoms with van der Waals surface area (Å²) in [6.07, 6.45) is -0.149. The van der Waals surface area contributed by atoms with Crippen molar-refractivity contribution in [1.82, 2.24) is 0 Å². The van der Waals surface area contributed by atoms with Crippen LogP contribution in [-0.4, -0.2) is 11.1 Å². The van der Waals surface area contributed by atoms with Gasteiger partial charge in [-0.1, -0.05) is 17.7 Å². The molecule has 5 heteroatoms. The fraction of sp³-hybridized carbons (Fsp3) is 0.125. The van der Waals surface area contributed by atoms with Crippen LogP contribution in [0.25, 0.3) is 0 Å². The van der Waals surface area contributed by atoms with Crippen molar-refractivity contribution in [2.24, 2.45) is 0 Å². The zero-order valence-electron chi connectivity index (χ0n) is 6.75. The molecule has 5 N–H and O–H groups in total. The SMILES string of the molecule is Nc1ccc(CC(=O)O)c(Cl)c1N. The van der Waals surface area contributed by atoms with E-state index >= 15 is 0 Å². The molecular formula is C8H9ClN2O2. The predicted molar refractivity (Wildman–Crippen MR) is 51.6 cm³/mol. The fourth-order valence-electron chi connectivity index (χ4n) is 0.952. The van der Waals surface area contributed by atoms with Crippen LogP contribution >= 0.6 is 11.6 Å². The number of hydrogen-bond acceptors (Lipinski definition) is 3. The van der Waals surface area contributed by atoms with Crippen molar-refractivity contribution in [3.05, 3.63) is 22.7 Å². The average Bonchev–Trinajstić information content (AvgIpc) is 2.06. The van der Waals surface area contributed by atoms with Crippen molar-refractivity contribution in [3.63, 3.8) is 0 Å². The number of carboxylic acid groups (broad SMARTS) is 1. The molecule has 0 atom stereocenters. The molecule has 0 amide bonds. The van der Waals surface area contributed by atoms with Crippen molar-refractivity contribution < 1.29 is 9.90 Å². The Kier molecular flexibility index (Phi) is 2.63. The van der Waals surface area contributed by atoms with Crippen molar-refractivity contribution in [3.8, 4) is 0 Å². The Morgan fingerprint density at radius 1 is 1.46 bits per heavy atom. The first-order valence-corrected chi connectivity index (χ1v) is 3.94. The van der Waals surface area contributed by atoms with Gasteiger partial charge in [-0.25, -0.2) is 0 Å². The van der Waals surface area contributed by atoms with Gasteiger partial charge in [-0.3, -0.25) is 4.79 Å². The third-order valence-electron chi connectivity index (χ3n) is 1.64. The maximum absolute atomic E-state index is 10.4. The topological polar surface area (TPSA) is 89.3 Å². The van der Waals surface area contributed by atoms with Gasteiger partial charge in [0.1, 0.15) is 0 Å². The Balaban J connectivity index is 3.10. The molecule has 0 aliphatic rings. The highest BCUT2D eigenvalue weighted by Gasteiger charge is 2.09. The van der Waals surface area contributed by atoms with Crippen LogP contribution in [0.15, 0.2) is 12.1 Å². The van der Waals surface area contributed by atoms with Crippen molar-refractivity contribution >= 4 is 28.9 Å². The van der Waals surface area contributed by atoms with Crippen LogP contribution in [0, 0.1) is 0 Å². The van der Waals surface area contributed by atoms with E-state index in [4.69, 9.17) is 28.2 Å². The van der Waals surface area contributed by atoms with E-state index in [1.807, 2.05) is 0 Å². The summed E-state index contributed by atoms with van der Waals surface area (Å²) in [5.74, 6) is -0.953. The van der Waals surface area contributed by atoms with E-state index in [-0.39, 0.29) is 17.1 Å². The molecule has 0 aliphatic carbocycles. The Hall–Kier alpha value is -1.42. The van der Waals surface area contributed by atoms with Gasteiger partial charge in [0.25, 0.3) is 0 Å². The summed E-state index contributed by atoms with van der Waals surface area (Å²) >= 11 is 5.77. The summed E-state index contributed by atoms with van der Waals surface area (Å²) in [5, 5.41) is 8.75. The number of carbonyl (C=O) groups is 1. The van der Waals surface area contributed by atoms with Crippen LogP contribution in [0.3, 0.4) is 0 Å². The summed E-state index contributed by atoms with van der Waals surface area (Å²) in [7, 11) is 0. The molecule has 0 saturated carbocycles. The molecule has 0 radical (unpaired) electrons. The van der Waals surface area contributed by atoms with Crippen LogP contribution in [0.1, 0.15) is 5.56 Å². The third kappa shape index (κ3) is 2.03. The lowest BCUT2D eigenvalue weighted by Gasteiger charge is -2.06. The number of aliphatic carboxylic acids is 1. The van der Waals surface area contributed by atoms with Crippen LogP contribution < -0.4 is 11.5 Å². The molecule has 70 valence electrons. The second-order valence-electron chi connectivity index (χ2n) is 2.61. The molecule has 0 aliphatic heterocycles. The minimum atomic E-state index is -0.953. The lowest BCUT2D eigenvalue weighted by molar-refractivity contribution is -0.136. The molecule has 0 fully saturated rings. The minimum absolute atomic E-state index is 0.149. The molecular weight excluding hydrogens is 192 g/mol. The lowest BCUT2D eigenvalue weighted by atomic mass is 10.1. The van der Waals surface area contributed by atoms with Crippen LogP contribution in [0.4, 0.5) is 11.4 Å². The molecule has 0 bridgehead atoms. The summed E-state index contributed by atoms with van der Waals surface area (Å²) in [6.45, 7) is 0. The summed E-state index contributed by atoms with van der Waals surface area (Å²) in [5.41, 5.74) is 12.0. The molecule has 0 saturated heterocycles. The second kappa shape index (κ2) is 3.53. The van der Waals surface area contributed by atoms with Gasteiger partial charge in [0.15, 0.2) is 0 Å². The standard InChI is InChI=1S/C8H9ClN2O2/c9-7-4(3-6(12)13)1-2-5(10)8(7)11/h1-2H,3,10-11H2,(H,12,13). The minimum Gasteiger partial charge on any atom is -0.481 e. The maximum Gasteiger partial charge on any atom is 0.307 e. The second-order valence-corrected chi connectivity index (χ2v) is 2.99. The van der Waals surface area contributed by atoms with E-state index in [2.05, 4.69) is 0 Å². The number of carboxylic acids is 1. The zero-order chi connectivity index (χ0) is 10.0. The Morgan fingerprint density at radius 3 is 2.62 bits per heavy atom. The lowest BCUT2D eigenvalue weighted by Crippen LogP contribution is -2.03. The first-order chi connectivity index (χ1) is 6.02. The monoisotopic (exact) mass is 200 g/mol. The number of hydrogen-bond donors (Lipinski definition) is 3. The number of nitrogens with two attached hydrogens (primary N) is 2. The van der Waals surface area contributed by atoms with E-state index in [1.165, 1.54) is 0 Å². The van der Waals surface area contributed by atoms with Crippen molar-refractivity contribution in [2.75, 3.05) is 11.5 Å². The molecule has 4 nitrogen and oxygen atoms in total. The van der Waals surface area contributed by atoms with Crippen LogP contribution in [-0.2, 0) is 11.2 Å². The van der Waals surface area contributed by atoms with Crippen LogP contribution in [0.5, 0.6) is 0 Å². The molecule has 0 unspecified atom stereocenters. The van der Waals surface area contributed by atoms with E-state index in [9.17, 15) is 4.79 Å². The first kappa shape index (κ1) is 9.67. The molecule has 1 aromatic carbocycles. The van der Waals surface area contributed by atoms with E-state index in [0.29, 0.717) is 11.3 Å². The number of benzene rings is 1. The quantitative estimate of drug-likeness (QED) is 0.625. The van der Waals surface area contributed by atoms with Crippen molar-refractivity contribution in [2.45, 2.75) is 6.42 Å². The van der Waals surface area contributed by atoms with E-state index < -0.39 is 5.97 Å². The molecule has 1 aromatic rings. The van der Waals surface area contributed by atoms with Gasteiger partial charge < -0.3 is 16.6 Å². The predicted octanol–water partition coefficient (Wildman–Crippen LogP) is 1.13. The highest BCUT2D eigenvalue weighted by atomic mass is 35.5. The largest absolute Gasteiger partial charge is 0.481 e. The molecule has 0 spiro atoms. The number of nitrogen functional groups attached to an aromatic ring is 2. The smallest absolute Gasteiger partial charge is 0.307 e. The zero-order valence-corrected chi connectivity index (χ0v) is 7.51. The molecule has 1 rings (SSSR count).